The Morgan fingerprint density at radius 3 is 3.08 bits per heavy atom. The fraction of sp³-hybridized carbons (Fsp3) is 0.353. The van der Waals surface area contributed by atoms with Crippen LogP contribution >= 0.6 is 11.6 Å². The van der Waals surface area contributed by atoms with E-state index in [1.54, 1.807) is 41.7 Å². The number of likely N-dealkylation sites (tertiary alicyclic amines) is 1. The second kappa shape index (κ2) is 7.49. The molecule has 1 fully saturated rings. The highest BCUT2D eigenvalue weighted by Crippen LogP contribution is 2.27. The van der Waals surface area contributed by atoms with E-state index in [1.165, 1.54) is 0 Å². The summed E-state index contributed by atoms with van der Waals surface area (Å²) in [6.45, 7) is 3.44. The number of hydrogen-bond donors (Lipinski definition) is 0. The van der Waals surface area contributed by atoms with Gasteiger partial charge in [-0.25, -0.2) is 4.98 Å². The molecule has 0 saturated carbocycles. The van der Waals surface area contributed by atoms with Crippen molar-refractivity contribution >= 4 is 17.5 Å². The number of hydrogen-bond acceptors (Lipinski definition) is 5. The minimum atomic E-state index is -0.0986. The van der Waals surface area contributed by atoms with Crippen LogP contribution < -0.4 is 9.47 Å². The molecule has 0 radical (unpaired) electrons. The normalized spacial score (nSPS) is 16.9. The molecule has 126 valence electrons. The van der Waals surface area contributed by atoms with Gasteiger partial charge in [0, 0.05) is 37.6 Å². The minimum Gasteiger partial charge on any atom is -0.487 e. The Kier molecular flexibility index (Phi) is 5.15. The van der Waals surface area contributed by atoms with E-state index in [0.29, 0.717) is 41.9 Å². The number of rotatable bonds is 5. The van der Waals surface area contributed by atoms with Gasteiger partial charge in [0.2, 0.25) is 5.88 Å². The van der Waals surface area contributed by atoms with Crippen LogP contribution in [0.25, 0.3) is 0 Å². The summed E-state index contributed by atoms with van der Waals surface area (Å²) in [5.41, 5.74) is 0.474. The van der Waals surface area contributed by atoms with Gasteiger partial charge in [0.05, 0.1) is 13.2 Å². The lowest BCUT2D eigenvalue weighted by atomic mass is 10.2. The Labute approximate surface area is 145 Å². The van der Waals surface area contributed by atoms with Crippen LogP contribution in [0, 0.1) is 0 Å². The standard InChI is InChI=1S/C17H18ClN3O3/c1-2-23-16-13(4-3-7-20-16)17(22)21-9-6-12(11-21)24-15-5-8-19-10-14(15)18/h3-5,7-8,10,12H,2,6,9,11H2,1H3/t12-/m0/s1. The van der Waals surface area contributed by atoms with Crippen LogP contribution in [0.2, 0.25) is 5.02 Å². The summed E-state index contributed by atoms with van der Waals surface area (Å²) < 4.78 is 11.3. The van der Waals surface area contributed by atoms with E-state index >= 15 is 0 Å². The zero-order chi connectivity index (χ0) is 16.9. The minimum absolute atomic E-state index is 0.0962. The van der Waals surface area contributed by atoms with Gasteiger partial charge < -0.3 is 14.4 Å². The molecule has 7 heteroatoms. The van der Waals surface area contributed by atoms with Crippen molar-refractivity contribution in [3.8, 4) is 11.6 Å². The van der Waals surface area contributed by atoms with Crippen molar-refractivity contribution in [2.24, 2.45) is 0 Å². The average Bonchev–Trinajstić information content (AvgIpc) is 3.06. The molecule has 24 heavy (non-hydrogen) atoms. The summed E-state index contributed by atoms with van der Waals surface area (Å²) >= 11 is 6.06. The molecule has 0 bridgehead atoms. The molecule has 1 amide bonds. The molecule has 0 spiro atoms. The van der Waals surface area contributed by atoms with Gasteiger partial charge in [-0.2, -0.15) is 0 Å². The third-order valence-electron chi connectivity index (χ3n) is 3.74. The number of nitrogens with zero attached hydrogens (tertiary/aromatic N) is 3. The summed E-state index contributed by atoms with van der Waals surface area (Å²) in [5.74, 6) is 0.854. The van der Waals surface area contributed by atoms with E-state index < -0.39 is 0 Å². The number of ether oxygens (including phenoxy) is 2. The molecule has 2 aromatic heterocycles. The largest absolute Gasteiger partial charge is 0.487 e. The van der Waals surface area contributed by atoms with E-state index in [-0.39, 0.29) is 12.0 Å². The lowest BCUT2D eigenvalue weighted by Gasteiger charge is -2.18. The van der Waals surface area contributed by atoms with Gasteiger partial charge in [-0.05, 0) is 19.1 Å². The van der Waals surface area contributed by atoms with Crippen molar-refractivity contribution < 1.29 is 14.3 Å². The second-order valence-corrected chi connectivity index (χ2v) is 5.78. The highest BCUT2D eigenvalue weighted by Gasteiger charge is 2.30. The molecule has 0 N–H and O–H groups in total. The van der Waals surface area contributed by atoms with E-state index in [2.05, 4.69) is 9.97 Å². The van der Waals surface area contributed by atoms with E-state index in [0.717, 1.165) is 6.42 Å². The maximum atomic E-state index is 12.7. The van der Waals surface area contributed by atoms with Crippen LogP contribution in [0.15, 0.2) is 36.8 Å². The molecule has 1 aliphatic rings. The zero-order valence-corrected chi connectivity index (χ0v) is 14.1. The summed E-state index contributed by atoms with van der Waals surface area (Å²) in [4.78, 5) is 22.5. The van der Waals surface area contributed by atoms with E-state index in [9.17, 15) is 4.79 Å². The highest BCUT2D eigenvalue weighted by molar-refractivity contribution is 6.31. The maximum Gasteiger partial charge on any atom is 0.259 e. The first-order chi connectivity index (χ1) is 11.7. The smallest absolute Gasteiger partial charge is 0.259 e. The summed E-state index contributed by atoms with van der Waals surface area (Å²) in [6, 6.07) is 5.19. The van der Waals surface area contributed by atoms with Crippen molar-refractivity contribution in [2.45, 2.75) is 19.4 Å². The second-order valence-electron chi connectivity index (χ2n) is 5.37. The van der Waals surface area contributed by atoms with Crippen molar-refractivity contribution in [3.63, 3.8) is 0 Å². The Morgan fingerprint density at radius 1 is 1.42 bits per heavy atom. The number of amides is 1. The summed E-state index contributed by atoms with van der Waals surface area (Å²) in [7, 11) is 0. The van der Waals surface area contributed by atoms with Gasteiger partial charge in [-0.3, -0.25) is 9.78 Å². The van der Waals surface area contributed by atoms with Crippen molar-refractivity contribution in [1.82, 2.24) is 14.9 Å². The van der Waals surface area contributed by atoms with Gasteiger partial charge in [0.15, 0.2) is 0 Å². The molecule has 3 rings (SSSR count). The molecular weight excluding hydrogens is 330 g/mol. The molecule has 2 aromatic rings. The SMILES string of the molecule is CCOc1ncccc1C(=O)N1CC[C@H](Oc2ccncc2Cl)C1. The van der Waals surface area contributed by atoms with Gasteiger partial charge in [-0.15, -0.1) is 0 Å². The molecule has 0 aromatic carbocycles. The Hall–Kier alpha value is -2.34. The van der Waals surface area contributed by atoms with Gasteiger partial charge in [-0.1, -0.05) is 11.6 Å². The monoisotopic (exact) mass is 347 g/mol. The van der Waals surface area contributed by atoms with Crippen molar-refractivity contribution in [3.05, 3.63) is 47.4 Å². The predicted molar refractivity (Wildman–Crippen MR) is 89.6 cm³/mol. The number of carbonyl (C=O) groups is 1. The first kappa shape index (κ1) is 16.5. The first-order valence-electron chi connectivity index (χ1n) is 7.82. The van der Waals surface area contributed by atoms with Crippen LogP contribution in [-0.2, 0) is 0 Å². The van der Waals surface area contributed by atoms with Crippen LogP contribution in [0.1, 0.15) is 23.7 Å². The van der Waals surface area contributed by atoms with Crippen molar-refractivity contribution in [1.29, 1.82) is 0 Å². The average molecular weight is 348 g/mol. The van der Waals surface area contributed by atoms with Crippen LogP contribution in [0.5, 0.6) is 11.6 Å². The molecule has 3 heterocycles. The van der Waals surface area contributed by atoms with E-state index in [1.807, 2.05) is 6.92 Å². The molecule has 0 unspecified atom stereocenters. The molecule has 1 aliphatic heterocycles. The zero-order valence-electron chi connectivity index (χ0n) is 13.3. The van der Waals surface area contributed by atoms with Crippen LogP contribution in [-0.4, -0.2) is 46.6 Å². The Balaban J connectivity index is 1.67. The topological polar surface area (TPSA) is 64.5 Å². The number of pyridine rings is 2. The first-order valence-corrected chi connectivity index (χ1v) is 8.20. The van der Waals surface area contributed by atoms with E-state index in [4.69, 9.17) is 21.1 Å². The fourth-order valence-corrected chi connectivity index (χ4v) is 2.79. The number of carbonyl (C=O) groups excluding carboxylic acids is 1. The van der Waals surface area contributed by atoms with Crippen LogP contribution in [0.3, 0.4) is 0 Å². The lowest BCUT2D eigenvalue weighted by molar-refractivity contribution is 0.0767. The molecule has 6 nitrogen and oxygen atoms in total. The van der Waals surface area contributed by atoms with Crippen molar-refractivity contribution in [2.75, 3.05) is 19.7 Å². The third-order valence-corrected chi connectivity index (χ3v) is 4.03. The Bertz CT molecular complexity index is 726. The number of halogens is 1. The van der Waals surface area contributed by atoms with Crippen LogP contribution in [0.4, 0.5) is 0 Å². The van der Waals surface area contributed by atoms with Gasteiger partial charge in [0.25, 0.3) is 5.91 Å². The third kappa shape index (κ3) is 3.59. The summed E-state index contributed by atoms with van der Waals surface area (Å²) in [6.07, 6.45) is 5.43. The molecular formula is C17H18ClN3O3. The lowest BCUT2D eigenvalue weighted by Crippen LogP contribution is -2.31. The quantitative estimate of drug-likeness (QED) is 0.832. The summed E-state index contributed by atoms with van der Waals surface area (Å²) in [5, 5.41) is 0.466. The van der Waals surface area contributed by atoms with Gasteiger partial charge >= 0.3 is 0 Å². The molecule has 1 saturated heterocycles. The maximum absolute atomic E-state index is 12.7. The van der Waals surface area contributed by atoms with Gasteiger partial charge in [0.1, 0.15) is 22.4 Å². The molecule has 0 aliphatic carbocycles. The fourth-order valence-electron chi connectivity index (χ4n) is 2.62. The number of aromatic nitrogens is 2. The Morgan fingerprint density at radius 2 is 2.29 bits per heavy atom. The predicted octanol–water partition coefficient (Wildman–Crippen LogP) is 2.82. The highest BCUT2D eigenvalue weighted by atomic mass is 35.5. The molecule has 1 atom stereocenters.